The van der Waals surface area contributed by atoms with Crippen molar-refractivity contribution in [1.82, 2.24) is 4.98 Å². The van der Waals surface area contributed by atoms with Gasteiger partial charge in [0.25, 0.3) is 0 Å². The molecular weight excluding hydrogens is 276 g/mol. The summed E-state index contributed by atoms with van der Waals surface area (Å²) < 4.78 is 12.0. The van der Waals surface area contributed by atoms with Crippen LogP contribution >= 0.6 is 15.9 Å². The second-order valence-electron chi connectivity index (χ2n) is 3.60. The Labute approximate surface area is 101 Å². The van der Waals surface area contributed by atoms with Gasteiger partial charge >= 0.3 is 0 Å². The molecule has 1 N–H and O–H groups in total. The monoisotopic (exact) mass is 290 g/mol. The molecule has 0 fully saturated rings. The van der Waals surface area contributed by atoms with E-state index in [0.29, 0.717) is 5.75 Å². The Morgan fingerprint density at radius 1 is 1.67 bits per heavy atom. The van der Waals surface area contributed by atoms with E-state index in [2.05, 4.69) is 26.2 Å². The van der Waals surface area contributed by atoms with Gasteiger partial charge in [-0.3, -0.25) is 4.21 Å². The van der Waals surface area contributed by atoms with Gasteiger partial charge in [-0.25, -0.2) is 4.98 Å². The number of rotatable bonds is 4. The average molecular weight is 291 g/mol. The third kappa shape index (κ3) is 4.30. The molecule has 0 amide bonds. The van der Waals surface area contributed by atoms with Crippen LogP contribution in [-0.2, 0) is 10.8 Å². The zero-order chi connectivity index (χ0) is 11.4. The van der Waals surface area contributed by atoms with Crippen LogP contribution < -0.4 is 5.32 Å². The summed E-state index contributed by atoms with van der Waals surface area (Å²) >= 11 is 3.40. The molecule has 84 valence electrons. The van der Waals surface area contributed by atoms with Gasteiger partial charge in [-0.2, -0.15) is 0 Å². The van der Waals surface area contributed by atoms with Crippen LogP contribution in [0.2, 0.25) is 0 Å². The number of aromatic nitrogens is 1. The van der Waals surface area contributed by atoms with E-state index in [-0.39, 0.29) is 6.04 Å². The highest BCUT2D eigenvalue weighted by molar-refractivity contribution is 9.10. The maximum Gasteiger partial charge on any atom is 0.126 e. The van der Waals surface area contributed by atoms with Crippen LogP contribution in [0.5, 0.6) is 0 Å². The summed E-state index contributed by atoms with van der Waals surface area (Å²) in [6, 6.07) is 2.14. The summed E-state index contributed by atoms with van der Waals surface area (Å²) in [7, 11) is -0.779. The molecule has 2 atom stereocenters. The Hall–Kier alpha value is -0.420. The topological polar surface area (TPSA) is 42.0 Å². The molecule has 0 aromatic carbocycles. The molecule has 0 bridgehead atoms. The lowest BCUT2D eigenvalue weighted by atomic mass is 10.3. The number of hydrogen-bond acceptors (Lipinski definition) is 3. The Kier molecular flexibility index (Phi) is 4.73. The van der Waals surface area contributed by atoms with Crippen LogP contribution in [-0.4, -0.2) is 27.2 Å². The van der Waals surface area contributed by atoms with Crippen LogP contribution in [0.15, 0.2) is 16.7 Å². The summed E-state index contributed by atoms with van der Waals surface area (Å²) in [4.78, 5) is 4.23. The molecule has 0 aliphatic carbocycles. The van der Waals surface area contributed by atoms with Crippen LogP contribution in [0.3, 0.4) is 0 Å². The van der Waals surface area contributed by atoms with Gasteiger partial charge in [0.05, 0.1) is 0 Å². The average Bonchev–Trinajstić information content (AvgIpc) is 2.10. The second kappa shape index (κ2) is 5.61. The maximum absolute atomic E-state index is 11.0. The molecule has 0 spiro atoms. The minimum atomic E-state index is -0.779. The molecule has 0 saturated carbocycles. The Morgan fingerprint density at radius 3 is 2.87 bits per heavy atom. The first-order valence-corrected chi connectivity index (χ1v) is 7.19. The van der Waals surface area contributed by atoms with E-state index in [4.69, 9.17) is 0 Å². The molecule has 15 heavy (non-hydrogen) atoms. The highest BCUT2D eigenvalue weighted by Gasteiger charge is 2.05. The van der Waals surface area contributed by atoms with Gasteiger partial charge in [0.2, 0.25) is 0 Å². The van der Waals surface area contributed by atoms with Crippen LogP contribution in [0, 0.1) is 6.92 Å². The fourth-order valence-corrected chi connectivity index (χ4v) is 2.27. The molecular formula is C10H15BrN2OS. The van der Waals surface area contributed by atoms with Gasteiger partial charge in [0.1, 0.15) is 5.82 Å². The van der Waals surface area contributed by atoms with E-state index in [0.717, 1.165) is 15.9 Å². The number of pyridine rings is 1. The highest BCUT2D eigenvalue weighted by Crippen LogP contribution is 2.17. The van der Waals surface area contributed by atoms with Gasteiger partial charge in [-0.1, -0.05) is 0 Å². The fraction of sp³-hybridized carbons (Fsp3) is 0.500. The maximum atomic E-state index is 11.0. The van der Waals surface area contributed by atoms with E-state index in [1.165, 1.54) is 0 Å². The first kappa shape index (κ1) is 12.6. The first-order chi connectivity index (χ1) is 6.99. The normalized spacial score (nSPS) is 14.7. The lowest BCUT2D eigenvalue weighted by Crippen LogP contribution is -2.22. The third-order valence-corrected chi connectivity index (χ3v) is 3.73. The molecule has 0 aliphatic rings. The van der Waals surface area contributed by atoms with Gasteiger partial charge in [-0.15, -0.1) is 0 Å². The minimum Gasteiger partial charge on any atom is -0.367 e. The Morgan fingerprint density at radius 2 is 2.33 bits per heavy atom. The van der Waals surface area contributed by atoms with Crippen molar-refractivity contribution in [3.05, 3.63) is 22.3 Å². The van der Waals surface area contributed by atoms with Crippen LogP contribution in [0.1, 0.15) is 12.5 Å². The third-order valence-electron chi connectivity index (χ3n) is 1.93. The SMILES string of the molecule is Cc1cc(NC(C)CS(C)=O)ncc1Br. The van der Waals surface area contributed by atoms with Crippen molar-refractivity contribution in [2.75, 3.05) is 17.3 Å². The minimum absolute atomic E-state index is 0.170. The summed E-state index contributed by atoms with van der Waals surface area (Å²) in [5, 5.41) is 3.22. The molecule has 0 saturated heterocycles. The van der Waals surface area contributed by atoms with E-state index in [9.17, 15) is 4.21 Å². The number of aryl methyl sites for hydroxylation is 1. The number of nitrogens with zero attached hydrogens (tertiary/aromatic N) is 1. The summed E-state index contributed by atoms with van der Waals surface area (Å²) in [6.07, 6.45) is 3.48. The predicted molar refractivity (Wildman–Crippen MR) is 68.7 cm³/mol. The first-order valence-electron chi connectivity index (χ1n) is 4.67. The van der Waals surface area contributed by atoms with Crippen molar-refractivity contribution in [3.63, 3.8) is 0 Å². The molecule has 1 aromatic heterocycles. The number of hydrogen-bond donors (Lipinski definition) is 1. The quantitative estimate of drug-likeness (QED) is 0.925. The lowest BCUT2D eigenvalue weighted by Gasteiger charge is -2.13. The van der Waals surface area contributed by atoms with Gasteiger partial charge in [-0.05, 0) is 41.4 Å². The van der Waals surface area contributed by atoms with Crippen molar-refractivity contribution >= 4 is 32.5 Å². The largest absolute Gasteiger partial charge is 0.367 e. The fourth-order valence-electron chi connectivity index (χ4n) is 1.26. The van der Waals surface area contributed by atoms with E-state index < -0.39 is 10.8 Å². The van der Waals surface area contributed by atoms with Crippen molar-refractivity contribution in [2.45, 2.75) is 19.9 Å². The Balaban J connectivity index is 2.64. The summed E-state index contributed by atoms with van der Waals surface area (Å²) in [5.74, 6) is 1.46. The van der Waals surface area contributed by atoms with E-state index in [1.54, 1.807) is 12.5 Å². The molecule has 0 radical (unpaired) electrons. The van der Waals surface area contributed by atoms with E-state index >= 15 is 0 Å². The molecule has 0 aliphatic heterocycles. The van der Waals surface area contributed by atoms with Gasteiger partial charge in [0.15, 0.2) is 0 Å². The number of anilines is 1. The predicted octanol–water partition coefficient (Wildman–Crippen LogP) is 2.33. The van der Waals surface area contributed by atoms with Crippen LogP contribution in [0.4, 0.5) is 5.82 Å². The highest BCUT2D eigenvalue weighted by atomic mass is 79.9. The molecule has 1 rings (SSSR count). The molecule has 1 aromatic rings. The number of halogens is 1. The smallest absolute Gasteiger partial charge is 0.126 e. The van der Waals surface area contributed by atoms with Crippen molar-refractivity contribution < 1.29 is 4.21 Å². The number of nitrogens with one attached hydrogen (secondary N) is 1. The van der Waals surface area contributed by atoms with Crippen LogP contribution in [0.25, 0.3) is 0 Å². The summed E-state index contributed by atoms with van der Waals surface area (Å²) in [5.41, 5.74) is 1.14. The second-order valence-corrected chi connectivity index (χ2v) is 5.94. The van der Waals surface area contributed by atoms with E-state index in [1.807, 2.05) is 19.9 Å². The van der Waals surface area contributed by atoms with Gasteiger partial charge in [0, 0.05) is 39.5 Å². The standard InChI is InChI=1S/C10H15BrN2OS/c1-7-4-10(12-5-9(7)11)13-8(2)6-15(3)14/h4-5,8H,6H2,1-3H3,(H,12,13). The van der Waals surface area contributed by atoms with Crippen molar-refractivity contribution in [3.8, 4) is 0 Å². The van der Waals surface area contributed by atoms with Crippen molar-refractivity contribution in [2.24, 2.45) is 0 Å². The zero-order valence-corrected chi connectivity index (χ0v) is 11.5. The molecule has 5 heteroatoms. The zero-order valence-electron chi connectivity index (χ0n) is 9.08. The summed E-state index contributed by atoms with van der Waals surface area (Å²) in [6.45, 7) is 4.01. The lowest BCUT2D eigenvalue weighted by molar-refractivity contribution is 0.683. The Bertz CT molecular complexity index is 370. The molecule has 3 nitrogen and oxygen atoms in total. The van der Waals surface area contributed by atoms with Gasteiger partial charge < -0.3 is 5.32 Å². The molecule has 2 unspecified atom stereocenters. The molecule has 1 heterocycles. The van der Waals surface area contributed by atoms with Crippen molar-refractivity contribution in [1.29, 1.82) is 0 Å².